The zero-order valence-corrected chi connectivity index (χ0v) is 11.8. The number of piperidine rings is 1. The molecule has 1 fully saturated rings. The van der Waals surface area contributed by atoms with Crippen LogP contribution in [-0.4, -0.2) is 24.5 Å². The molecule has 1 aliphatic rings. The maximum Gasteiger partial charge on any atom is 0.416 e. The Labute approximate surface area is 121 Å². The first-order chi connectivity index (χ1) is 9.86. The smallest absolute Gasteiger partial charge is 0.350 e. The van der Waals surface area contributed by atoms with Crippen molar-refractivity contribution in [2.45, 2.75) is 44.4 Å². The van der Waals surface area contributed by atoms with E-state index in [0.29, 0.717) is 12.6 Å². The first kappa shape index (κ1) is 15.8. The molecule has 2 rings (SSSR count). The van der Waals surface area contributed by atoms with Crippen LogP contribution in [0.1, 0.15) is 42.1 Å². The Hall–Kier alpha value is -1.56. The van der Waals surface area contributed by atoms with Crippen molar-refractivity contribution in [2.75, 3.05) is 6.54 Å². The number of alkyl halides is 3. The molecule has 2 N–H and O–H groups in total. The van der Waals surface area contributed by atoms with E-state index in [1.54, 1.807) is 0 Å². The van der Waals surface area contributed by atoms with Gasteiger partial charge in [0.15, 0.2) is 0 Å². The highest BCUT2D eigenvalue weighted by atomic mass is 19.4. The third kappa shape index (κ3) is 4.46. The highest BCUT2D eigenvalue weighted by Gasteiger charge is 2.30. The Balaban J connectivity index is 1.88. The number of hydrogen-bond acceptors (Lipinski definition) is 2. The normalized spacial score (nSPS) is 22.9. The van der Waals surface area contributed by atoms with Crippen molar-refractivity contribution in [3.8, 4) is 0 Å². The molecule has 1 aromatic carbocycles. The Bertz CT molecular complexity index is 485. The monoisotopic (exact) mass is 300 g/mol. The second-order valence-electron chi connectivity index (χ2n) is 5.48. The minimum Gasteiger partial charge on any atom is -0.350 e. The molecule has 2 unspecified atom stereocenters. The lowest BCUT2D eigenvalue weighted by atomic mass is 9.99. The number of nitrogens with one attached hydrogen (secondary N) is 2. The summed E-state index contributed by atoms with van der Waals surface area (Å²) in [6.07, 6.45) is -1.13. The number of halogens is 3. The van der Waals surface area contributed by atoms with Gasteiger partial charge in [-0.25, -0.2) is 0 Å². The van der Waals surface area contributed by atoms with Crippen molar-refractivity contribution in [1.29, 1.82) is 0 Å². The van der Waals surface area contributed by atoms with E-state index in [4.69, 9.17) is 0 Å². The maximum absolute atomic E-state index is 12.4. The quantitative estimate of drug-likeness (QED) is 0.901. The summed E-state index contributed by atoms with van der Waals surface area (Å²) >= 11 is 0. The molecule has 6 heteroatoms. The lowest BCUT2D eigenvalue weighted by molar-refractivity contribution is -0.137. The molecule has 21 heavy (non-hydrogen) atoms. The zero-order valence-electron chi connectivity index (χ0n) is 11.8. The van der Waals surface area contributed by atoms with Crippen molar-refractivity contribution in [3.05, 3.63) is 35.4 Å². The van der Waals surface area contributed by atoms with E-state index in [-0.39, 0.29) is 17.5 Å². The molecule has 0 spiro atoms. The minimum atomic E-state index is -4.38. The summed E-state index contributed by atoms with van der Waals surface area (Å²) in [6.45, 7) is 2.59. The molecule has 0 bridgehead atoms. The summed E-state index contributed by atoms with van der Waals surface area (Å²) in [4.78, 5) is 11.9. The zero-order chi connectivity index (χ0) is 15.5. The molecule has 0 radical (unpaired) electrons. The fourth-order valence-corrected chi connectivity index (χ4v) is 2.53. The van der Waals surface area contributed by atoms with Gasteiger partial charge in [0.1, 0.15) is 0 Å². The second-order valence-corrected chi connectivity index (χ2v) is 5.48. The van der Waals surface area contributed by atoms with Crippen LogP contribution in [0.4, 0.5) is 13.2 Å². The lowest BCUT2D eigenvalue weighted by Gasteiger charge is -2.28. The van der Waals surface area contributed by atoms with Crippen LogP contribution in [0.3, 0.4) is 0 Å². The van der Waals surface area contributed by atoms with Gasteiger partial charge in [-0.15, -0.1) is 0 Å². The number of rotatable bonds is 3. The number of hydrogen-bond donors (Lipinski definition) is 2. The second kappa shape index (κ2) is 6.47. The van der Waals surface area contributed by atoms with E-state index < -0.39 is 11.7 Å². The van der Waals surface area contributed by atoms with Gasteiger partial charge in [0.05, 0.1) is 5.56 Å². The fraction of sp³-hybridized carbons (Fsp3) is 0.533. The van der Waals surface area contributed by atoms with E-state index in [2.05, 4.69) is 17.6 Å². The van der Waals surface area contributed by atoms with Crippen molar-refractivity contribution in [2.24, 2.45) is 0 Å². The number of carbonyl (C=O) groups excluding carboxylic acids is 1. The van der Waals surface area contributed by atoms with Crippen molar-refractivity contribution in [3.63, 3.8) is 0 Å². The molecule has 1 heterocycles. The van der Waals surface area contributed by atoms with Gasteiger partial charge in [0.2, 0.25) is 0 Å². The van der Waals surface area contributed by atoms with E-state index in [0.717, 1.165) is 31.4 Å². The van der Waals surface area contributed by atoms with Crippen molar-refractivity contribution < 1.29 is 18.0 Å². The molecular formula is C15H19F3N2O. The topological polar surface area (TPSA) is 41.1 Å². The molecule has 116 valence electrons. The van der Waals surface area contributed by atoms with Gasteiger partial charge >= 0.3 is 6.18 Å². The predicted molar refractivity (Wildman–Crippen MR) is 74.0 cm³/mol. The van der Waals surface area contributed by atoms with Gasteiger partial charge in [-0.3, -0.25) is 4.79 Å². The fourth-order valence-electron chi connectivity index (χ4n) is 2.53. The summed E-state index contributed by atoms with van der Waals surface area (Å²) in [5.41, 5.74) is -0.506. The number of amides is 1. The van der Waals surface area contributed by atoms with Crippen LogP contribution in [-0.2, 0) is 6.18 Å². The highest BCUT2D eigenvalue weighted by molar-refractivity contribution is 5.94. The van der Waals surface area contributed by atoms with E-state index >= 15 is 0 Å². The van der Waals surface area contributed by atoms with Gasteiger partial charge < -0.3 is 10.6 Å². The Morgan fingerprint density at radius 1 is 1.29 bits per heavy atom. The first-order valence-electron chi connectivity index (χ1n) is 7.08. The summed E-state index contributed by atoms with van der Waals surface area (Å²) in [7, 11) is 0. The summed E-state index contributed by atoms with van der Waals surface area (Å²) in [5.74, 6) is -0.344. The van der Waals surface area contributed by atoms with Crippen LogP contribution in [0.15, 0.2) is 24.3 Å². The van der Waals surface area contributed by atoms with Crippen LogP contribution < -0.4 is 10.6 Å². The Kier molecular flexibility index (Phi) is 4.88. The van der Waals surface area contributed by atoms with Gasteiger partial charge in [-0.05, 0) is 44.0 Å². The maximum atomic E-state index is 12.4. The van der Waals surface area contributed by atoms with Gasteiger partial charge in [-0.1, -0.05) is 6.42 Å². The van der Waals surface area contributed by atoms with E-state index in [1.165, 1.54) is 12.1 Å². The molecule has 1 amide bonds. The number of benzene rings is 1. The van der Waals surface area contributed by atoms with Crippen LogP contribution >= 0.6 is 0 Å². The molecule has 1 aromatic rings. The van der Waals surface area contributed by atoms with E-state index in [1.807, 2.05) is 0 Å². The van der Waals surface area contributed by atoms with Gasteiger partial charge in [-0.2, -0.15) is 13.2 Å². The third-order valence-electron chi connectivity index (χ3n) is 3.69. The standard InChI is InChI=1S/C15H19F3N2O/c1-10-3-2-4-13(20-10)9-19-14(21)11-5-7-12(8-6-11)15(16,17)18/h5-8,10,13,20H,2-4,9H2,1H3,(H,19,21). The molecule has 0 aliphatic carbocycles. The SMILES string of the molecule is CC1CCCC(CNC(=O)c2ccc(C(F)(F)F)cc2)N1. The minimum absolute atomic E-state index is 0.229. The van der Waals surface area contributed by atoms with Crippen molar-refractivity contribution >= 4 is 5.91 Å². The largest absolute Gasteiger partial charge is 0.416 e. The van der Waals surface area contributed by atoms with Gasteiger partial charge in [0.25, 0.3) is 5.91 Å². The molecule has 2 atom stereocenters. The van der Waals surface area contributed by atoms with E-state index in [9.17, 15) is 18.0 Å². The van der Waals surface area contributed by atoms with Crippen molar-refractivity contribution in [1.82, 2.24) is 10.6 Å². The summed E-state index contributed by atoms with van der Waals surface area (Å²) in [6, 6.07) is 4.93. The molecular weight excluding hydrogens is 281 g/mol. The van der Waals surface area contributed by atoms with Gasteiger partial charge in [0, 0.05) is 24.2 Å². The predicted octanol–water partition coefficient (Wildman–Crippen LogP) is 2.97. The molecule has 1 saturated heterocycles. The van der Waals surface area contributed by atoms with Crippen LogP contribution in [0, 0.1) is 0 Å². The first-order valence-corrected chi connectivity index (χ1v) is 7.08. The molecule has 1 aliphatic heterocycles. The Morgan fingerprint density at radius 3 is 2.52 bits per heavy atom. The van der Waals surface area contributed by atoms with Crippen LogP contribution in [0.25, 0.3) is 0 Å². The molecule has 0 aromatic heterocycles. The molecule has 3 nitrogen and oxygen atoms in total. The lowest BCUT2D eigenvalue weighted by Crippen LogP contribution is -2.47. The highest BCUT2D eigenvalue weighted by Crippen LogP contribution is 2.29. The summed E-state index contributed by atoms with van der Waals surface area (Å²) < 4.78 is 37.3. The third-order valence-corrected chi connectivity index (χ3v) is 3.69. The molecule has 0 saturated carbocycles. The average molecular weight is 300 g/mol. The van der Waals surface area contributed by atoms with Crippen LogP contribution in [0.5, 0.6) is 0 Å². The Morgan fingerprint density at radius 2 is 1.95 bits per heavy atom. The summed E-state index contributed by atoms with van der Waals surface area (Å²) in [5, 5.41) is 6.15. The van der Waals surface area contributed by atoms with Crippen LogP contribution in [0.2, 0.25) is 0 Å². The average Bonchev–Trinajstić information content (AvgIpc) is 2.44. The number of carbonyl (C=O) groups is 1.